The molecule has 22 heavy (non-hydrogen) atoms. The van der Waals surface area contributed by atoms with E-state index in [0.29, 0.717) is 6.04 Å². The van der Waals surface area contributed by atoms with Crippen LogP contribution in [0.15, 0.2) is 16.7 Å². The molecule has 3 heterocycles. The first-order chi connectivity index (χ1) is 10.6. The van der Waals surface area contributed by atoms with Gasteiger partial charge in [0.05, 0.1) is 12.8 Å². The highest BCUT2D eigenvalue weighted by Crippen LogP contribution is 2.41. The van der Waals surface area contributed by atoms with E-state index in [1.807, 2.05) is 6.26 Å². The van der Waals surface area contributed by atoms with E-state index >= 15 is 0 Å². The van der Waals surface area contributed by atoms with Crippen molar-refractivity contribution in [3.8, 4) is 0 Å². The Balaban J connectivity index is 1.51. The number of nitrogens with zero attached hydrogens (tertiary/aromatic N) is 3. The van der Waals surface area contributed by atoms with Crippen LogP contribution in [0.4, 0.5) is 0 Å². The number of aryl methyl sites for hydroxylation is 1. The minimum absolute atomic E-state index is 0.271. The average molecular weight is 300 g/mol. The third-order valence-electron chi connectivity index (χ3n) is 4.99. The van der Waals surface area contributed by atoms with Crippen LogP contribution >= 0.6 is 0 Å². The number of nitrogens with one attached hydrogen (secondary N) is 1. The van der Waals surface area contributed by atoms with Crippen LogP contribution in [0, 0.1) is 5.41 Å². The maximum atomic E-state index is 5.68. The molecule has 0 radical (unpaired) electrons. The van der Waals surface area contributed by atoms with Gasteiger partial charge in [0.25, 0.3) is 0 Å². The third kappa shape index (κ3) is 2.47. The summed E-state index contributed by atoms with van der Waals surface area (Å²) >= 11 is 0. The van der Waals surface area contributed by atoms with Crippen molar-refractivity contribution in [2.75, 3.05) is 0 Å². The van der Waals surface area contributed by atoms with Crippen LogP contribution in [0.3, 0.4) is 0 Å². The van der Waals surface area contributed by atoms with Crippen LogP contribution in [0.2, 0.25) is 0 Å². The van der Waals surface area contributed by atoms with Crippen molar-refractivity contribution in [1.82, 2.24) is 20.1 Å². The largest absolute Gasteiger partial charge is 0.469 e. The number of hydrogen-bond acceptors (Lipinski definition) is 4. The highest BCUT2D eigenvalue weighted by atomic mass is 16.3. The fourth-order valence-corrected chi connectivity index (χ4v) is 3.87. The Morgan fingerprint density at radius 3 is 3.18 bits per heavy atom. The average Bonchev–Trinajstić information content (AvgIpc) is 3.10. The number of rotatable bonds is 3. The molecule has 2 aromatic heterocycles. The van der Waals surface area contributed by atoms with Gasteiger partial charge >= 0.3 is 0 Å². The van der Waals surface area contributed by atoms with E-state index in [1.165, 1.54) is 18.4 Å². The van der Waals surface area contributed by atoms with Crippen molar-refractivity contribution in [3.05, 3.63) is 35.3 Å². The van der Waals surface area contributed by atoms with Crippen LogP contribution in [0.1, 0.15) is 62.1 Å². The third-order valence-corrected chi connectivity index (χ3v) is 4.99. The summed E-state index contributed by atoms with van der Waals surface area (Å²) in [5.74, 6) is 3.36. The van der Waals surface area contributed by atoms with E-state index in [0.717, 1.165) is 49.8 Å². The van der Waals surface area contributed by atoms with Gasteiger partial charge in [-0.1, -0.05) is 13.8 Å². The maximum Gasteiger partial charge on any atom is 0.147 e. The zero-order chi connectivity index (χ0) is 15.2. The molecule has 0 spiro atoms. The first-order valence-electron chi connectivity index (χ1n) is 8.33. The van der Waals surface area contributed by atoms with Crippen molar-refractivity contribution in [2.45, 2.75) is 65.1 Å². The van der Waals surface area contributed by atoms with Crippen molar-refractivity contribution in [1.29, 1.82) is 0 Å². The molecule has 0 aromatic carbocycles. The van der Waals surface area contributed by atoms with Gasteiger partial charge in [0.15, 0.2) is 0 Å². The van der Waals surface area contributed by atoms with Crippen LogP contribution in [-0.2, 0) is 25.9 Å². The van der Waals surface area contributed by atoms with Gasteiger partial charge in [0.1, 0.15) is 17.4 Å². The van der Waals surface area contributed by atoms with Crippen LogP contribution in [-0.4, -0.2) is 14.8 Å². The SMILES string of the molecule is CC1(C)Cc2occc2C(NCc2nnc3n2CCCC3)C1. The Labute approximate surface area is 131 Å². The van der Waals surface area contributed by atoms with E-state index in [1.54, 1.807) is 0 Å². The predicted octanol–water partition coefficient (Wildman–Crippen LogP) is 3.01. The van der Waals surface area contributed by atoms with Gasteiger partial charge < -0.3 is 14.3 Å². The zero-order valence-corrected chi connectivity index (χ0v) is 13.4. The Bertz CT molecular complexity index is 670. The monoisotopic (exact) mass is 300 g/mol. The quantitative estimate of drug-likeness (QED) is 0.946. The molecule has 0 bridgehead atoms. The molecular weight excluding hydrogens is 276 g/mol. The molecule has 1 unspecified atom stereocenters. The molecular formula is C17H24N4O. The lowest BCUT2D eigenvalue weighted by molar-refractivity contribution is 0.233. The molecule has 0 fully saturated rings. The predicted molar refractivity (Wildman–Crippen MR) is 83.4 cm³/mol. The maximum absolute atomic E-state index is 5.68. The summed E-state index contributed by atoms with van der Waals surface area (Å²) < 4.78 is 7.97. The van der Waals surface area contributed by atoms with E-state index in [4.69, 9.17) is 4.42 Å². The highest BCUT2D eigenvalue weighted by molar-refractivity contribution is 5.26. The summed E-state index contributed by atoms with van der Waals surface area (Å²) in [6.45, 7) is 6.46. The summed E-state index contributed by atoms with van der Waals surface area (Å²) in [4.78, 5) is 0. The van der Waals surface area contributed by atoms with Gasteiger partial charge in [-0.05, 0) is 30.7 Å². The van der Waals surface area contributed by atoms with Crippen LogP contribution in [0.5, 0.6) is 0 Å². The topological polar surface area (TPSA) is 55.9 Å². The lowest BCUT2D eigenvalue weighted by Crippen LogP contribution is -2.33. The minimum atomic E-state index is 0.271. The lowest BCUT2D eigenvalue weighted by atomic mass is 9.75. The van der Waals surface area contributed by atoms with Crippen LogP contribution in [0.25, 0.3) is 0 Å². The normalized spacial score (nSPS) is 23.1. The standard InChI is InChI=1S/C17H24N4O/c1-17(2)9-13(12-6-8-22-14(12)10-17)18-11-16-20-19-15-5-3-4-7-21(15)16/h6,8,13,18H,3-5,7,9-11H2,1-2H3. The second-order valence-electron chi connectivity index (χ2n) is 7.42. The van der Waals surface area contributed by atoms with Crippen molar-refractivity contribution < 1.29 is 4.42 Å². The Kier molecular flexibility index (Phi) is 3.33. The summed E-state index contributed by atoms with van der Waals surface area (Å²) in [7, 11) is 0. The molecule has 0 saturated carbocycles. The second kappa shape index (κ2) is 5.23. The van der Waals surface area contributed by atoms with Gasteiger partial charge in [-0.25, -0.2) is 0 Å². The van der Waals surface area contributed by atoms with Gasteiger partial charge in [-0.2, -0.15) is 0 Å². The highest BCUT2D eigenvalue weighted by Gasteiger charge is 2.34. The fourth-order valence-electron chi connectivity index (χ4n) is 3.87. The molecule has 4 rings (SSSR count). The molecule has 0 saturated heterocycles. The lowest BCUT2D eigenvalue weighted by Gasteiger charge is -2.34. The molecule has 1 atom stereocenters. The van der Waals surface area contributed by atoms with E-state index < -0.39 is 0 Å². The van der Waals surface area contributed by atoms with Crippen molar-refractivity contribution >= 4 is 0 Å². The Morgan fingerprint density at radius 2 is 2.27 bits per heavy atom. The molecule has 5 heteroatoms. The van der Waals surface area contributed by atoms with E-state index in [-0.39, 0.29) is 5.41 Å². The number of furan rings is 1. The zero-order valence-electron chi connectivity index (χ0n) is 13.4. The second-order valence-corrected chi connectivity index (χ2v) is 7.42. The van der Waals surface area contributed by atoms with E-state index in [2.05, 4.69) is 40.0 Å². The molecule has 0 amide bonds. The molecule has 5 nitrogen and oxygen atoms in total. The first kappa shape index (κ1) is 14.0. The van der Waals surface area contributed by atoms with E-state index in [9.17, 15) is 0 Å². The smallest absolute Gasteiger partial charge is 0.147 e. The van der Waals surface area contributed by atoms with Crippen LogP contribution < -0.4 is 5.32 Å². The van der Waals surface area contributed by atoms with Gasteiger partial charge in [0, 0.05) is 31.0 Å². The Hall–Kier alpha value is -1.62. The molecule has 1 N–H and O–H groups in total. The summed E-state index contributed by atoms with van der Waals surface area (Å²) in [6, 6.07) is 2.45. The van der Waals surface area contributed by atoms with Crippen molar-refractivity contribution in [3.63, 3.8) is 0 Å². The Morgan fingerprint density at radius 1 is 1.36 bits per heavy atom. The van der Waals surface area contributed by atoms with Crippen molar-refractivity contribution in [2.24, 2.45) is 5.41 Å². The number of hydrogen-bond donors (Lipinski definition) is 1. The molecule has 1 aliphatic carbocycles. The summed E-state index contributed by atoms with van der Waals surface area (Å²) in [5.41, 5.74) is 1.59. The number of aromatic nitrogens is 3. The summed E-state index contributed by atoms with van der Waals surface area (Å²) in [5, 5.41) is 12.4. The first-order valence-corrected chi connectivity index (χ1v) is 8.33. The molecule has 2 aromatic rings. The fraction of sp³-hybridized carbons (Fsp3) is 0.647. The number of fused-ring (bicyclic) bond motifs is 2. The molecule has 1 aliphatic heterocycles. The van der Waals surface area contributed by atoms with Gasteiger partial charge in [0.2, 0.25) is 0 Å². The minimum Gasteiger partial charge on any atom is -0.469 e. The van der Waals surface area contributed by atoms with Gasteiger partial charge in [-0.3, -0.25) is 0 Å². The summed E-state index contributed by atoms with van der Waals surface area (Å²) in [6.07, 6.45) is 7.50. The molecule has 118 valence electrons. The molecule has 2 aliphatic rings. The van der Waals surface area contributed by atoms with Gasteiger partial charge in [-0.15, -0.1) is 10.2 Å².